The zero-order chi connectivity index (χ0) is 10.6. The molecule has 3 nitrogen and oxygen atoms in total. The van der Waals surface area contributed by atoms with E-state index in [2.05, 4.69) is 6.07 Å². The summed E-state index contributed by atoms with van der Waals surface area (Å²) in [5.41, 5.74) is 1.64. The summed E-state index contributed by atoms with van der Waals surface area (Å²) in [5.74, 6) is 0. The van der Waals surface area contributed by atoms with Crippen molar-refractivity contribution in [2.75, 3.05) is 13.3 Å². The zero-order valence-corrected chi connectivity index (χ0v) is 9.04. The molecule has 74 valence electrons. The molecule has 0 amide bonds. The quantitative estimate of drug-likeness (QED) is 0.751. The fraction of sp³-hybridized carbons (Fsp3) is 0.300. The van der Waals surface area contributed by atoms with E-state index in [0.29, 0.717) is 12.1 Å². The van der Waals surface area contributed by atoms with Crippen molar-refractivity contribution in [3.63, 3.8) is 0 Å². The van der Waals surface area contributed by atoms with Gasteiger partial charge in [-0.15, -0.1) is 0 Å². The number of rotatable bonds is 3. The molecule has 0 aliphatic carbocycles. The van der Waals surface area contributed by atoms with E-state index in [9.17, 15) is 4.21 Å². The number of benzene rings is 1. The molecule has 4 heteroatoms. The Balaban J connectivity index is 2.78. The number of nitriles is 1. The van der Waals surface area contributed by atoms with Gasteiger partial charge in [-0.05, 0) is 17.7 Å². The summed E-state index contributed by atoms with van der Waals surface area (Å²) < 4.78 is 12.8. The number of hydrogen-bond acceptors (Lipinski definition) is 2. The summed E-state index contributed by atoms with van der Waals surface area (Å²) in [6, 6.07) is 9.40. The Kier molecular flexibility index (Phi) is 3.81. The van der Waals surface area contributed by atoms with Crippen LogP contribution in [0.15, 0.2) is 24.3 Å². The largest absolute Gasteiger partial charge is 0.243 e. The van der Waals surface area contributed by atoms with Gasteiger partial charge in [0.05, 0.1) is 22.6 Å². The van der Waals surface area contributed by atoms with E-state index in [4.69, 9.17) is 5.26 Å². The van der Waals surface area contributed by atoms with E-state index in [1.54, 1.807) is 23.7 Å². The summed E-state index contributed by atoms with van der Waals surface area (Å²) in [6.07, 6.45) is 1.63. The van der Waals surface area contributed by atoms with Crippen molar-refractivity contribution in [2.45, 2.75) is 6.54 Å². The fourth-order valence-corrected chi connectivity index (χ4v) is 1.42. The third kappa shape index (κ3) is 2.95. The Morgan fingerprint density at radius 2 is 2.29 bits per heavy atom. The number of hydrogen-bond donors (Lipinski definition) is 0. The normalized spacial score (nSPS) is 12.4. The molecule has 1 aromatic carbocycles. The fourth-order valence-electron chi connectivity index (χ4n) is 1.09. The second kappa shape index (κ2) is 4.89. The van der Waals surface area contributed by atoms with Crippen LogP contribution in [0.25, 0.3) is 0 Å². The van der Waals surface area contributed by atoms with Crippen LogP contribution in [0.3, 0.4) is 0 Å². The molecule has 0 N–H and O–H groups in total. The van der Waals surface area contributed by atoms with Crippen LogP contribution in [-0.2, 0) is 17.5 Å². The monoisotopic (exact) mass is 208 g/mol. The van der Waals surface area contributed by atoms with Gasteiger partial charge in [-0.2, -0.15) is 5.26 Å². The molecule has 0 spiro atoms. The lowest BCUT2D eigenvalue weighted by Gasteiger charge is -2.12. The van der Waals surface area contributed by atoms with E-state index in [-0.39, 0.29) is 0 Å². The minimum absolute atomic E-state index is 0.596. The molecule has 1 rings (SSSR count). The molecule has 0 radical (unpaired) electrons. The van der Waals surface area contributed by atoms with Gasteiger partial charge in [-0.25, -0.2) is 8.51 Å². The molecule has 0 aliphatic heterocycles. The molecule has 0 bridgehead atoms. The van der Waals surface area contributed by atoms with Gasteiger partial charge in [0.1, 0.15) is 0 Å². The van der Waals surface area contributed by atoms with Gasteiger partial charge in [0.2, 0.25) is 0 Å². The smallest absolute Gasteiger partial charge is 0.0991 e. The second-order valence-corrected chi connectivity index (χ2v) is 4.49. The Hall–Kier alpha value is -1.18. The molecule has 1 atom stereocenters. The molecule has 0 heterocycles. The van der Waals surface area contributed by atoms with Crippen molar-refractivity contribution >= 4 is 11.0 Å². The third-order valence-corrected chi connectivity index (χ3v) is 2.91. The molecule has 0 saturated carbocycles. The molecule has 0 saturated heterocycles. The summed E-state index contributed by atoms with van der Waals surface area (Å²) in [6.45, 7) is 0.596. The molecular weight excluding hydrogens is 196 g/mol. The van der Waals surface area contributed by atoms with Crippen LogP contribution in [0.2, 0.25) is 0 Å². The van der Waals surface area contributed by atoms with Gasteiger partial charge in [0, 0.05) is 19.8 Å². The highest BCUT2D eigenvalue weighted by Crippen LogP contribution is 2.07. The van der Waals surface area contributed by atoms with Crippen molar-refractivity contribution < 1.29 is 4.21 Å². The molecule has 0 fully saturated rings. The van der Waals surface area contributed by atoms with Crippen LogP contribution in [0, 0.1) is 11.3 Å². The van der Waals surface area contributed by atoms with Crippen LogP contribution >= 0.6 is 0 Å². The lowest BCUT2D eigenvalue weighted by Crippen LogP contribution is -2.19. The van der Waals surface area contributed by atoms with E-state index in [1.807, 2.05) is 18.2 Å². The lowest BCUT2D eigenvalue weighted by atomic mass is 10.1. The minimum atomic E-state index is -0.969. The van der Waals surface area contributed by atoms with Crippen molar-refractivity contribution in [1.29, 1.82) is 5.26 Å². The first kappa shape index (κ1) is 10.9. The van der Waals surface area contributed by atoms with E-state index in [0.717, 1.165) is 5.56 Å². The van der Waals surface area contributed by atoms with Crippen LogP contribution in [0.1, 0.15) is 11.1 Å². The highest BCUT2D eigenvalue weighted by molar-refractivity contribution is 7.81. The Morgan fingerprint density at radius 3 is 2.86 bits per heavy atom. The van der Waals surface area contributed by atoms with Gasteiger partial charge in [0.25, 0.3) is 0 Å². The van der Waals surface area contributed by atoms with Crippen LogP contribution in [0.4, 0.5) is 0 Å². The molecule has 1 aromatic rings. The van der Waals surface area contributed by atoms with Crippen molar-refractivity contribution in [3.8, 4) is 6.07 Å². The highest BCUT2D eigenvalue weighted by atomic mass is 32.2. The first-order chi connectivity index (χ1) is 6.63. The van der Waals surface area contributed by atoms with Crippen LogP contribution in [0.5, 0.6) is 0 Å². The van der Waals surface area contributed by atoms with Crippen molar-refractivity contribution in [2.24, 2.45) is 0 Å². The molecular formula is C10H12N2OS. The third-order valence-electron chi connectivity index (χ3n) is 1.90. The first-order valence-electron chi connectivity index (χ1n) is 4.17. The summed E-state index contributed by atoms with van der Waals surface area (Å²) in [5, 5.41) is 8.68. The van der Waals surface area contributed by atoms with Crippen molar-refractivity contribution in [1.82, 2.24) is 4.31 Å². The minimum Gasteiger partial charge on any atom is -0.243 e. The van der Waals surface area contributed by atoms with E-state index in [1.165, 1.54) is 0 Å². The molecule has 0 aromatic heterocycles. The average Bonchev–Trinajstić information content (AvgIpc) is 2.18. The van der Waals surface area contributed by atoms with Crippen molar-refractivity contribution in [3.05, 3.63) is 35.4 Å². The van der Waals surface area contributed by atoms with Gasteiger partial charge in [-0.1, -0.05) is 12.1 Å². The Labute approximate surface area is 86.6 Å². The van der Waals surface area contributed by atoms with Gasteiger partial charge in [0.15, 0.2) is 0 Å². The topological polar surface area (TPSA) is 44.1 Å². The summed E-state index contributed by atoms with van der Waals surface area (Å²) >= 11 is 0. The maximum absolute atomic E-state index is 11.1. The summed E-state index contributed by atoms with van der Waals surface area (Å²) in [4.78, 5) is 0. The van der Waals surface area contributed by atoms with Crippen LogP contribution in [-0.4, -0.2) is 21.8 Å². The molecule has 1 unspecified atom stereocenters. The Morgan fingerprint density at radius 1 is 1.57 bits per heavy atom. The van der Waals surface area contributed by atoms with Gasteiger partial charge in [-0.3, -0.25) is 0 Å². The SMILES string of the molecule is CN(Cc1cccc(C#N)c1)S(C)=O. The first-order valence-corrected chi connectivity index (χ1v) is 5.68. The van der Waals surface area contributed by atoms with E-state index < -0.39 is 11.0 Å². The maximum atomic E-state index is 11.1. The second-order valence-electron chi connectivity index (χ2n) is 3.02. The predicted molar refractivity (Wildman–Crippen MR) is 56.7 cm³/mol. The maximum Gasteiger partial charge on any atom is 0.0991 e. The average molecular weight is 208 g/mol. The van der Waals surface area contributed by atoms with Gasteiger partial charge < -0.3 is 0 Å². The van der Waals surface area contributed by atoms with Gasteiger partial charge >= 0.3 is 0 Å². The standard InChI is InChI=1S/C10H12N2OS/c1-12(14(2)13)8-10-5-3-4-9(6-10)7-11/h3-6H,8H2,1-2H3. The van der Waals surface area contributed by atoms with E-state index >= 15 is 0 Å². The lowest BCUT2D eigenvalue weighted by molar-refractivity contribution is 0.524. The highest BCUT2D eigenvalue weighted by Gasteiger charge is 2.03. The molecule has 0 aliphatic rings. The summed E-state index contributed by atoms with van der Waals surface area (Å²) in [7, 11) is 0.818. The Bertz CT molecular complexity index is 384. The zero-order valence-electron chi connectivity index (χ0n) is 8.23. The van der Waals surface area contributed by atoms with Crippen LogP contribution < -0.4 is 0 Å². The molecule has 14 heavy (non-hydrogen) atoms. The predicted octanol–water partition coefficient (Wildman–Crippen LogP) is 1.28. The number of nitrogens with zero attached hydrogens (tertiary/aromatic N) is 2.